The Morgan fingerprint density at radius 2 is 2.00 bits per heavy atom. The SMILES string of the molecule is NC1=NC2(CO1)c1ccccc1Oc1ccc(F)nc12. The van der Waals surface area contributed by atoms with Crippen LogP contribution in [0.4, 0.5) is 4.39 Å². The Labute approximate surface area is 113 Å². The molecule has 0 fully saturated rings. The van der Waals surface area contributed by atoms with E-state index in [1.807, 2.05) is 24.3 Å². The van der Waals surface area contributed by atoms with E-state index in [-0.39, 0.29) is 12.6 Å². The Morgan fingerprint density at radius 3 is 2.80 bits per heavy atom. The van der Waals surface area contributed by atoms with E-state index in [0.717, 1.165) is 5.56 Å². The topological polar surface area (TPSA) is 69.7 Å². The molecule has 0 bridgehead atoms. The summed E-state index contributed by atoms with van der Waals surface area (Å²) in [6.45, 7) is 0.183. The first-order valence-electron chi connectivity index (χ1n) is 6.11. The van der Waals surface area contributed by atoms with Crippen LogP contribution in [0.1, 0.15) is 11.3 Å². The van der Waals surface area contributed by atoms with Crippen molar-refractivity contribution in [3.05, 3.63) is 53.6 Å². The van der Waals surface area contributed by atoms with Crippen molar-refractivity contribution in [2.24, 2.45) is 10.7 Å². The number of benzene rings is 1. The summed E-state index contributed by atoms with van der Waals surface area (Å²) in [4.78, 5) is 8.31. The molecule has 2 aliphatic heterocycles. The lowest BCUT2D eigenvalue weighted by Gasteiger charge is -2.31. The zero-order valence-corrected chi connectivity index (χ0v) is 10.3. The lowest BCUT2D eigenvalue weighted by molar-refractivity contribution is 0.259. The van der Waals surface area contributed by atoms with Crippen molar-refractivity contribution in [1.82, 2.24) is 4.98 Å². The van der Waals surface area contributed by atoms with Gasteiger partial charge in [-0.1, -0.05) is 18.2 Å². The molecule has 0 radical (unpaired) electrons. The monoisotopic (exact) mass is 271 g/mol. The van der Waals surface area contributed by atoms with Gasteiger partial charge in [0.25, 0.3) is 6.02 Å². The molecule has 1 aromatic carbocycles. The number of aliphatic imine (C=N–C) groups is 1. The second kappa shape index (κ2) is 3.69. The van der Waals surface area contributed by atoms with Crippen molar-refractivity contribution >= 4 is 6.02 Å². The van der Waals surface area contributed by atoms with Crippen LogP contribution in [0.2, 0.25) is 0 Å². The number of para-hydroxylation sites is 1. The van der Waals surface area contributed by atoms with E-state index in [2.05, 4.69) is 9.98 Å². The first-order valence-corrected chi connectivity index (χ1v) is 6.11. The van der Waals surface area contributed by atoms with Crippen LogP contribution in [-0.2, 0) is 10.3 Å². The normalized spacial score (nSPS) is 22.6. The van der Waals surface area contributed by atoms with Crippen LogP contribution in [0, 0.1) is 5.95 Å². The molecule has 4 rings (SSSR count). The highest BCUT2D eigenvalue weighted by Crippen LogP contribution is 2.49. The van der Waals surface area contributed by atoms with Crippen molar-refractivity contribution in [2.45, 2.75) is 5.54 Å². The van der Waals surface area contributed by atoms with E-state index >= 15 is 0 Å². The number of nitrogens with two attached hydrogens (primary N) is 1. The number of fused-ring (bicyclic) bond motifs is 4. The number of nitrogens with zero attached hydrogens (tertiary/aromatic N) is 2. The third-order valence-corrected chi connectivity index (χ3v) is 3.50. The molecule has 20 heavy (non-hydrogen) atoms. The van der Waals surface area contributed by atoms with Crippen molar-refractivity contribution in [3.63, 3.8) is 0 Å². The van der Waals surface area contributed by atoms with Gasteiger partial charge in [0, 0.05) is 5.56 Å². The minimum absolute atomic E-state index is 0.0683. The molecule has 0 saturated heterocycles. The van der Waals surface area contributed by atoms with Crippen LogP contribution in [0.3, 0.4) is 0 Å². The summed E-state index contributed by atoms with van der Waals surface area (Å²) in [5.41, 5.74) is 5.88. The molecular formula is C14H10FN3O2. The molecule has 1 unspecified atom stereocenters. The second-order valence-electron chi connectivity index (χ2n) is 4.68. The number of aromatic nitrogens is 1. The highest BCUT2D eigenvalue weighted by atomic mass is 19.1. The lowest BCUT2D eigenvalue weighted by atomic mass is 9.85. The molecule has 1 spiro atoms. The van der Waals surface area contributed by atoms with Gasteiger partial charge in [0.15, 0.2) is 11.3 Å². The van der Waals surface area contributed by atoms with Crippen molar-refractivity contribution in [2.75, 3.05) is 6.61 Å². The van der Waals surface area contributed by atoms with Gasteiger partial charge in [-0.15, -0.1) is 0 Å². The summed E-state index contributed by atoms with van der Waals surface area (Å²) in [5, 5.41) is 0. The van der Waals surface area contributed by atoms with Crippen molar-refractivity contribution in [1.29, 1.82) is 0 Å². The van der Waals surface area contributed by atoms with E-state index in [1.54, 1.807) is 6.07 Å². The van der Waals surface area contributed by atoms with Crippen LogP contribution >= 0.6 is 0 Å². The maximum absolute atomic E-state index is 13.5. The number of hydrogen-bond donors (Lipinski definition) is 1. The maximum Gasteiger partial charge on any atom is 0.283 e. The maximum atomic E-state index is 13.5. The summed E-state index contributed by atoms with van der Waals surface area (Å²) in [6.07, 6.45) is 0. The van der Waals surface area contributed by atoms with Gasteiger partial charge in [-0.05, 0) is 18.2 Å². The van der Waals surface area contributed by atoms with Gasteiger partial charge in [0.1, 0.15) is 18.1 Å². The van der Waals surface area contributed by atoms with Gasteiger partial charge in [-0.3, -0.25) is 0 Å². The quantitative estimate of drug-likeness (QED) is 0.743. The standard InChI is InChI=1S/C14H10FN3O2/c15-11-6-5-10-12(17-11)14(7-19-13(16)18-14)8-3-1-2-4-9(8)20-10/h1-6H,7H2,(H2,16,18). The fourth-order valence-corrected chi connectivity index (χ4v) is 2.63. The van der Waals surface area contributed by atoms with E-state index in [0.29, 0.717) is 17.2 Å². The van der Waals surface area contributed by atoms with Crippen molar-refractivity contribution < 1.29 is 13.9 Å². The lowest BCUT2D eigenvalue weighted by Crippen LogP contribution is -2.32. The van der Waals surface area contributed by atoms with Crippen LogP contribution in [-0.4, -0.2) is 17.6 Å². The summed E-state index contributed by atoms with van der Waals surface area (Å²) in [5.74, 6) is 0.523. The second-order valence-corrected chi connectivity index (χ2v) is 4.68. The number of halogens is 1. The fraction of sp³-hybridized carbons (Fsp3) is 0.143. The number of ether oxygens (including phenoxy) is 2. The highest BCUT2D eigenvalue weighted by Gasteiger charge is 2.48. The Hall–Kier alpha value is -2.63. The van der Waals surface area contributed by atoms with E-state index in [1.165, 1.54) is 6.07 Å². The molecule has 2 aromatic rings. The van der Waals surface area contributed by atoms with Gasteiger partial charge in [-0.2, -0.15) is 4.39 Å². The first kappa shape index (κ1) is 11.2. The summed E-state index contributed by atoms with van der Waals surface area (Å²) >= 11 is 0. The molecular weight excluding hydrogens is 261 g/mol. The molecule has 1 atom stereocenters. The zero-order valence-electron chi connectivity index (χ0n) is 10.3. The molecule has 6 heteroatoms. The van der Waals surface area contributed by atoms with E-state index < -0.39 is 11.5 Å². The minimum atomic E-state index is -0.934. The predicted molar refractivity (Wildman–Crippen MR) is 69.1 cm³/mol. The van der Waals surface area contributed by atoms with Crippen LogP contribution in [0.15, 0.2) is 41.4 Å². The molecule has 1 aromatic heterocycles. The van der Waals surface area contributed by atoms with Gasteiger partial charge in [0.2, 0.25) is 5.95 Å². The highest BCUT2D eigenvalue weighted by molar-refractivity contribution is 5.76. The molecule has 3 heterocycles. The van der Waals surface area contributed by atoms with E-state index in [9.17, 15) is 4.39 Å². The van der Waals surface area contributed by atoms with Gasteiger partial charge < -0.3 is 15.2 Å². The van der Waals surface area contributed by atoms with Gasteiger partial charge in [-0.25, -0.2) is 9.98 Å². The number of pyridine rings is 1. The Bertz CT molecular complexity index is 747. The predicted octanol–water partition coefficient (Wildman–Crippen LogP) is 1.91. The third-order valence-electron chi connectivity index (χ3n) is 3.50. The fourth-order valence-electron chi connectivity index (χ4n) is 2.63. The number of hydrogen-bond acceptors (Lipinski definition) is 5. The van der Waals surface area contributed by atoms with Crippen molar-refractivity contribution in [3.8, 4) is 11.5 Å². The molecule has 0 aliphatic carbocycles. The van der Waals surface area contributed by atoms with Gasteiger partial charge in [0.05, 0.1) is 0 Å². The Balaban J connectivity index is 2.05. The molecule has 5 nitrogen and oxygen atoms in total. The largest absolute Gasteiger partial charge is 0.462 e. The molecule has 0 saturated carbocycles. The summed E-state index contributed by atoms with van der Waals surface area (Å²) in [7, 11) is 0. The van der Waals surface area contributed by atoms with Crippen LogP contribution in [0.25, 0.3) is 0 Å². The average molecular weight is 271 g/mol. The number of amidine groups is 1. The number of rotatable bonds is 0. The Kier molecular flexibility index (Phi) is 2.07. The smallest absolute Gasteiger partial charge is 0.283 e. The summed E-state index contributed by atoms with van der Waals surface area (Å²) < 4.78 is 24.6. The molecule has 2 aliphatic rings. The molecule has 100 valence electrons. The molecule has 0 amide bonds. The zero-order chi connectivity index (χ0) is 13.7. The average Bonchev–Trinajstić information content (AvgIpc) is 2.84. The third kappa shape index (κ3) is 1.36. The summed E-state index contributed by atoms with van der Waals surface area (Å²) in [6, 6.07) is 10.3. The van der Waals surface area contributed by atoms with E-state index in [4.69, 9.17) is 15.2 Å². The molecule has 2 N–H and O–H groups in total. The Morgan fingerprint density at radius 1 is 1.15 bits per heavy atom. The van der Waals surface area contributed by atoms with Crippen LogP contribution in [0.5, 0.6) is 11.5 Å². The first-order chi connectivity index (χ1) is 9.69. The van der Waals surface area contributed by atoms with Crippen LogP contribution < -0.4 is 10.5 Å². The van der Waals surface area contributed by atoms with Gasteiger partial charge >= 0.3 is 0 Å². The minimum Gasteiger partial charge on any atom is -0.462 e.